The van der Waals surface area contributed by atoms with Crippen molar-refractivity contribution in [2.75, 3.05) is 21.2 Å². The molecule has 0 spiro atoms. The van der Waals surface area contributed by atoms with Gasteiger partial charge in [0.1, 0.15) is 6.33 Å². The Labute approximate surface area is 218 Å². The molecule has 1 aliphatic carbocycles. The predicted molar refractivity (Wildman–Crippen MR) is 146 cm³/mol. The quantitative estimate of drug-likeness (QED) is 0.335. The normalized spacial score (nSPS) is 18.2. The van der Waals surface area contributed by atoms with Crippen molar-refractivity contribution in [2.24, 2.45) is 5.92 Å². The second kappa shape index (κ2) is 10.6. The van der Waals surface area contributed by atoms with E-state index in [0.29, 0.717) is 30.8 Å². The lowest BCUT2D eigenvalue weighted by atomic mass is 9.78. The summed E-state index contributed by atoms with van der Waals surface area (Å²) < 4.78 is 7.26. The van der Waals surface area contributed by atoms with Gasteiger partial charge in [0, 0.05) is 62.1 Å². The first-order chi connectivity index (χ1) is 17.9. The molecule has 0 aromatic carbocycles. The van der Waals surface area contributed by atoms with E-state index in [9.17, 15) is 4.79 Å². The smallest absolute Gasteiger partial charge is 0.222 e. The van der Waals surface area contributed by atoms with Gasteiger partial charge in [-0.15, -0.1) is 0 Å². The van der Waals surface area contributed by atoms with Crippen molar-refractivity contribution in [3.05, 3.63) is 47.5 Å². The third-order valence-corrected chi connectivity index (χ3v) is 7.85. The van der Waals surface area contributed by atoms with Gasteiger partial charge in [0.25, 0.3) is 0 Å². The molecule has 0 saturated heterocycles. The van der Waals surface area contributed by atoms with Crippen molar-refractivity contribution in [2.45, 2.75) is 70.8 Å². The summed E-state index contributed by atoms with van der Waals surface area (Å²) in [4.78, 5) is 27.0. The number of pyridine rings is 2. The fourth-order valence-electron chi connectivity index (χ4n) is 5.81. The van der Waals surface area contributed by atoms with Crippen LogP contribution in [0.1, 0.15) is 81.0 Å². The number of nitrogens with zero attached hydrogens (tertiary/aromatic N) is 5. The van der Waals surface area contributed by atoms with E-state index in [-0.39, 0.29) is 5.91 Å². The molecule has 0 bridgehead atoms. The summed E-state index contributed by atoms with van der Waals surface area (Å²) in [6.45, 7) is 4.93. The monoisotopic (exact) mass is 502 g/mol. The zero-order valence-corrected chi connectivity index (χ0v) is 22.6. The third-order valence-electron chi connectivity index (χ3n) is 7.85. The highest BCUT2D eigenvalue weighted by molar-refractivity contribution is 5.88. The molecule has 1 aliphatic rings. The molecular formula is C29H38N6O2. The summed E-state index contributed by atoms with van der Waals surface area (Å²) in [6, 6.07) is 6.54. The molecule has 5 rings (SSSR count). The van der Waals surface area contributed by atoms with Crippen LogP contribution in [-0.4, -0.2) is 56.6 Å². The first kappa shape index (κ1) is 25.4. The topological polar surface area (TPSA) is 88.4 Å². The highest BCUT2D eigenvalue weighted by atomic mass is 16.5. The minimum Gasteiger partial charge on any atom is -0.380 e. The van der Waals surface area contributed by atoms with Crippen molar-refractivity contribution in [3.8, 4) is 11.3 Å². The lowest BCUT2D eigenvalue weighted by Gasteiger charge is -2.28. The average molecular weight is 503 g/mol. The molecule has 8 heteroatoms. The van der Waals surface area contributed by atoms with Crippen LogP contribution in [0.25, 0.3) is 27.9 Å². The zero-order valence-electron chi connectivity index (χ0n) is 22.6. The average Bonchev–Trinajstić information content (AvgIpc) is 3.52. The Morgan fingerprint density at radius 1 is 1.22 bits per heavy atom. The van der Waals surface area contributed by atoms with Crippen molar-refractivity contribution in [1.29, 1.82) is 0 Å². The molecule has 1 amide bonds. The van der Waals surface area contributed by atoms with E-state index in [1.165, 1.54) is 24.1 Å². The number of amides is 1. The van der Waals surface area contributed by atoms with Crippen LogP contribution >= 0.6 is 0 Å². The molecule has 0 atom stereocenters. The molecule has 37 heavy (non-hydrogen) atoms. The van der Waals surface area contributed by atoms with E-state index in [0.717, 1.165) is 52.8 Å². The zero-order chi connectivity index (χ0) is 26.1. The highest BCUT2D eigenvalue weighted by Gasteiger charge is 2.26. The number of aromatic nitrogens is 5. The largest absolute Gasteiger partial charge is 0.380 e. The number of fused-ring (bicyclic) bond motifs is 2. The Hall–Kier alpha value is -3.26. The van der Waals surface area contributed by atoms with Crippen LogP contribution in [-0.2, 0) is 16.1 Å². The fraction of sp³-hybridized carbons (Fsp3) is 0.517. The number of carbonyl (C=O) groups excluding carboxylic acids is 1. The summed E-state index contributed by atoms with van der Waals surface area (Å²) in [6.07, 6.45) is 9.87. The van der Waals surface area contributed by atoms with Crippen molar-refractivity contribution in [1.82, 2.24) is 29.5 Å². The second-order valence-corrected chi connectivity index (χ2v) is 11.0. The molecular weight excluding hydrogens is 464 g/mol. The van der Waals surface area contributed by atoms with Gasteiger partial charge >= 0.3 is 0 Å². The Balaban J connectivity index is 1.42. The number of H-pyrrole nitrogens is 1. The molecule has 0 aliphatic heterocycles. The van der Waals surface area contributed by atoms with Crippen LogP contribution in [0.3, 0.4) is 0 Å². The van der Waals surface area contributed by atoms with E-state index >= 15 is 0 Å². The van der Waals surface area contributed by atoms with Crippen LogP contribution in [0, 0.1) is 5.92 Å². The molecule has 1 saturated carbocycles. The first-order valence-electron chi connectivity index (χ1n) is 13.4. The second-order valence-electron chi connectivity index (χ2n) is 11.0. The van der Waals surface area contributed by atoms with Crippen LogP contribution in [0.4, 0.5) is 0 Å². The van der Waals surface area contributed by atoms with Crippen LogP contribution in [0.2, 0.25) is 0 Å². The maximum atomic E-state index is 12.0. The molecule has 1 fully saturated rings. The van der Waals surface area contributed by atoms with E-state index in [1.807, 2.05) is 24.8 Å². The van der Waals surface area contributed by atoms with Crippen molar-refractivity contribution >= 4 is 22.6 Å². The molecule has 196 valence electrons. The number of nitrogens with one attached hydrogen (secondary N) is 1. The third kappa shape index (κ3) is 5.12. The SMILES string of the molecule is COCc1cc(-c2[nH]c3ccc(C4CCC(CCC(=O)N(C)C)CC4)nc3c2C(C)C)cn2ncnc12. The number of carbonyl (C=O) groups is 1. The summed E-state index contributed by atoms with van der Waals surface area (Å²) in [5.74, 6) is 1.65. The van der Waals surface area contributed by atoms with E-state index in [2.05, 4.69) is 47.1 Å². The van der Waals surface area contributed by atoms with Crippen LogP contribution in [0.15, 0.2) is 30.7 Å². The predicted octanol–water partition coefficient (Wildman–Crippen LogP) is 5.68. The number of methoxy groups -OCH3 is 1. The maximum Gasteiger partial charge on any atom is 0.222 e. The first-order valence-corrected chi connectivity index (χ1v) is 13.4. The van der Waals surface area contributed by atoms with Gasteiger partial charge < -0.3 is 14.6 Å². The van der Waals surface area contributed by atoms with E-state index in [4.69, 9.17) is 9.72 Å². The minimum absolute atomic E-state index is 0.232. The lowest BCUT2D eigenvalue weighted by molar-refractivity contribution is -0.129. The van der Waals surface area contributed by atoms with Gasteiger partial charge in [0.05, 0.1) is 23.3 Å². The Kier molecular flexibility index (Phi) is 7.29. The highest BCUT2D eigenvalue weighted by Crippen LogP contribution is 2.40. The summed E-state index contributed by atoms with van der Waals surface area (Å²) in [5, 5.41) is 4.39. The van der Waals surface area contributed by atoms with E-state index in [1.54, 1.807) is 18.3 Å². The molecule has 8 nitrogen and oxygen atoms in total. The number of ether oxygens (including phenoxy) is 1. The number of hydrogen-bond donors (Lipinski definition) is 1. The van der Waals surface area contributed by atoms with Gasteiger partial charge in [-0.25, -0.2) is 9.50 Å². The molecule has 4 heterocycles. The van der Waals surface area contributed by atoms with Gasteiger partial charge in [0.15, 0.2) is 5.65 Å². The van der Waals surface area contributed by atoms with Crippen LogP contribution in [0.5, 0.6) is 0 Å². The van der Waals surface area contributed by atoms with Gasteiger partial charge in [-0.2, -0.15) is 5.10 Å². The minimum atomic E-state index is 0.232. The lowest BCUT2D eigenvalue weighted by Crippen LogP contribution is -2.23. The van der Waals surface area contributed by atoms with E-state index < -0.39 is 0 Å². The Morgan fingerprint density at radius 3 is 2.70 bits per heavy atom. The van der Waals surface area contributed by atoms with Crippen LogP contribution < -0.4 is 0 Å². The van der Waals surface area contributed by atoms with Gasteiger partial charge in [-0.3, -0.25) is 9.78 Å². The number of aromatic amines is 1. The molecule has 0 unspecified atom stereocenters. The Bertz CT molecular complexity index is 1390. The Morgan fingerprint density at radius 2 is 2.00 bits per heavy atom. The molecule has 4 aromatic heterocycles. The number of hydrogen-bond acceptors (Lipinski definition) is 5. The fourth-order valence-corrected chi connectivity index (χ4v) is 5.81. The summed E-state index contributed by atoms with van der Waals surface area (Å²) in [5.41, 5.74) is 8.50. The van der Waals surface area contributed by atoms with Gasteiger partial charge in [0.2, 0.25) is 5.91 Å². The van der Waals surface area contributed by atoms with Gasteiger partial charge in [-0.05, 0) is 62.1 Å². The maximum absolute atomic E-state index is 12.0. The molecule has 0 radical (unpaired) electrons. The van der Waals surface area contributed by atoms with Gasteiger partial charge in [-0.1, -0.05) is 13.8 Å². The molecule has 1 N–H and O–H groups in total. The summed E-state index contributed by atoms with van der Waals surface area (Å²) in [7, 11) is 5.37. The van der Waals surface area contributed by atoms with Crippen molar-refractivity contribution in [3.63, 3.8) is 0 Å². The van der Waals surface area contributed by atoms with Crippen molar-refractivity contribution < 1.29 is 9.53 Å². The molecule has 4 aromatic rings. The standard InChI is InChI=1S/C29H38N6O2/c1-18(2)26-27(21-14-22(16-37-5)29-30-17-31-35(29)15-21)33-24-12-11-23(32-28(24)26)20-9-6-19(7-10-20)8-13-25(36)34(3)4/h11-12,14-15,17-20,33H,6-10,13,16H2,1-5H3. The number of rotatable bonds is 8. The summed E-state index contributed by atoms with van der Waals surface area (Å²) >= 11 is 0.